The van der Waals surface area contributed by atoms with Gasteiger partial charge in [-0.1, -0.05) is 60.7 Å². The van der Waals surface area contributed by atoms with Gasteiger partial charge >= 0.3 is 0 Å². The van der Waals surface area contributed by atoms with Crippen LogP contribution < -0.4 is 14.8 Å². The first-order valence-electron chi connectivity index (χ1n) is 10.8. The van der Waals surface area contributed by atoms with Crippen molar-refractivity contribution in [1.82, 2.24) is 5.32 Å². The number of rotatable bonds is 10. The van der Waals surface area contributed by atoms with Crippen LogP contribution in [0.1, 0.15) is 55.8 Å². The molecule has 0 radical (unpaired) electrons. The van der Waals surface area contributed by atoms with Crippen LogP contribution in [0.15, 0.2) is 78.9 Å². The molecule has 0 aliphatic carbocycles. The van der Waals surface area contributed by atoms with Crippen molar-refractivity contribution in [1.29, 1.82) is 0 Å². The summed E-state index contributed by atoms with van der Waals surface area (Å²) in [5.41, 5.74) is 3.79. The van der Waals surface area contributed by atoms with Gasteiger partial charge in [0.25, 0.3) is 0 Å². The molecule has 0 fully saturated rings. The lowest BCUT2D eigenvalue weighted by Gasteiger charge is -2.22. The Labute approximate surface area is 181 Å². The van der Waals surface area contributed by atoms with E-state index in [1.54, 1.807) is 7.11 Å². The quantitative estimate of drug-likeness (QED) is 0.427. The molecule has 158 valence electrons. The highest BCUT2D eigenvalue weighted by Crippen LogP contribution is 2.35. The molecule has 0 unspecified atom stereocenters. The van der Waals surface area contributed by atoms with E-state index >= 15 is 0 Å². The lowest BCUT2D eigenvalue weighted by atomic mass is 9.87. The minimum atomic E-state index is 0.171. The molecule has 0 amide bonds. The van der Waals surface area contributed by atoms with Crippen LogP contribution in [0.25, 0.3) is 0 Å². The molecule has 0 aliphatic rings. The monoisotopic (exact) mass is 403 g/mol. The molecule has 3 heteroatoms. The van der Waals surface area contributed by atoms with Gasteiger partial charge in [-0.15, -0.1) is 0 Å². The smallest absolute Gasteiger partial charge is 0.122 e. The fourth-order valence-corrected chi connectivity index (χ4v) is 3.81. The first kappa shape index (κ1) is 21.9. The molecular weight excluding hydrogens is 370 g/mol. The Morgan fingerprint density at radius 2 is 1.43 bits per heavy atom. The highest BCUT2D eigenvalue weighted by atomic mass is 16.5. The zero-order chi connectivity index (χ0) is 21.3. The van der Waals surface area contributed by atoms with E-state index in [0.29, 0.717) is 6.04 Å². The molecule has 30 heavy (non-hydrogen) atoms. The van der Waals surface area contributed by atoms with Crippen molar-refractivity contribution in [3.63, 3.8) is 0 Å². The second-order valence-corrected chi connectivity index (χ2v) is 7.91. The van der Waals surface area contributed by atoms with E-state index in [9.17, 15) is 0 Å². The van der Waals surface area contributed by atoms with Crippen LogP contribution in [-0.4, -0.2) is 19.8 Å². The fraction of sp³-hybridized carbons (Fsp3) is 0.333. The molecule has 0 aliphatic heterocycles. The van der Waals surface area contributed by atoms with Crippen molar-refractivity contribution in [3.05, 3.63) is 95.6 Å². The lowest BCUT2D eigenvalue weighted by molar-refractivity contribution is 0.242. The Balaban J connectivity index is 1.78. The van der Waals surface area contributed by atoms with Crippen LogP contribution in [0.2, 0.25) is 0 Å². The van der Waals surface area contributed by atoms with Crippen molar-refractivity contribution < 1.29 is 9.47 Å². The first-order chi connectivity index (χ1) is 14.6. The van der Waals surface area contributed by atoms with Crippen LogP contribution in [0, 0.1) is 0 Å². The van der Waals surface area contributed by atoms with Crippen molar-refractivity contribution in [2.45, 2.75) is 45.3 Å². The predicted molar refractivity (Wildman–Crippen MR) is 125 cm³/mol. The standard InChI is InChI=1S/C27H33NO2/c1-20(2)30-24-16-14-23(15-17-24)25(26-12-8-9-13-27(26)29-4)18-19-28-21(3)22-10-6-5-7-11-22/h5-17,20-21,25,28H,18-19H2,1-4H3/t21-,25-/m0/s1. The maximum absolute atomic E-state index is 5.82. The average Bonchev–Trinajstić information content (AvgIpc) is 2.77. The Morgan fingerprint density at radius 1 is 0.767 bits per heavy atom. The van der Waals surface area contributed by atoms with Gasteiger partial charge < -0.3 is 14.8 Å². The Kier molecular flexibility index (Phi) is 7.92. The summed E-state index contributed by atoms with van der Waals surface area (Å²) < 4.78 is 11.5. The van der Waals surface area contributed by atoms with Gasteiger partial charge in [-0.05, 0) is 63.1 Å². The zero-order valence-corrected chi connectivity index (χ0v) is 18.5. The Morgan fingerprint density at radius 3 is 2.10 bits per heavy atom. The van der Waals surface area contributed by atoms with Crippen LogP contribution in [0.4, 0.5) is 0 Å². The van der Waals surface area contributed by atoms with Crippen molar-refractivity contribution in [2.24, 2.45) is 0 Å². The second-order valence-electron chi connectivity index (χ2n) is 7.91. The summed E-state index contributed by atoms with van der Waals surface area (Å²) in [5.74, 6) is 2.08. The molecule has 1 N–H and O–H groups in total. The van der Waals surface area contributed by atoms with E-state index in [-0.39, 0.29) is 12.0 Å². The van der Waals surface area contributed by atoms with Gasteiger partial charge in [0.15, 0.2) is 0 Å². The topological polar surface area (TPSA) is 30.5 Å². The highest BCUT2D eigenvalue weighted by molar-refractivity contribution is 5.43. The molecule has 3 rings (SSSR count). The van der Waals surface area contributed by atoms with Crippen LogP contribution in [0.3, 0.4) is 0 Å². The molecule has 3 aromatic carbocycles. The molecular formula is C27H33NO2. The van der Waals surface area contributed by atoms with E-state index in [1.807, 2.05) is 26.0 Å². The predicted octanol–water partition coefficient (Wildman–Crippen LogP) is 6.36. The third kappa shape index (κ3) is 5.87. The van der Waals surface area contributed by atoms with Crippen LogP contribution >= 0.6 is 0 Å². The number of benzene rings is 3. The summed E-state index contributed by atoms with van der Waals surface area (Å²) in [6.07, 6.45) is 1.15. The van der Waals surface area contributed by atoms with Gasteiger partial charge in [0.2, 0.25) is 0 Å². The molecule has 0 aromatic heterocycles. The molecule has 0 spiro atoms. The van der Waals surface area contributed by atoms with Gasteiger partial charge in [0.05, 0.1) is 13.2 Å². The van der Waals surface area contributed by atoms with Gasteiger partial charge in [-0.3, -0.25) is 0 Å². The number of hydrogen-bond acceptors (Lipinski definition) is 3. The third-order valence-electron chi connectivity index (χ3n) is 5.35. The Hall–Kier alpha value is -2.78. The molecule has 0 saturated carbocycles. The Bertz CT molecular complexity index is 890. The van der Waals surface area contributed by atoms with Crippen LogP contribution in [-0.2, 0) is 0 Å². The summed E-state index contributed by atoms with van der Waals surface area (Å²) >= 11 is 0. The second kappa shape index (κ2) is 10.8. The molecule has 0 bridgehead atoms. The molecule has 3 nitrogen and oxygen atoms in total. The van der Waals surface area contributed by atoms with E-state index in [2.05, 4.69) is 79.0 Å². The van der Waals surface area contributed by atoms with Gasteiger partial charge in [0.1, 0.15) is 11.5 Å². The number of para-hydroxylation sites is 1. The maximum Gasteiger partial charge on any atom is 0.122 e. The normalized spacial score (nSPS) is 13.1. The van der Waals surface area contributed by atoms with E-state index in [1.165, 1.54) is 16.7 Å². The van der Waals surface area contributed by atoms with E-state index < -0.39 is 0 Å². The lowest BCUT2D eigenvalue weighted by Crippen LogP contribution is -2.22. The summed E-state index contributed by atoms with van der Waals surface area (Å²) in [6, 6.07) is 27.7. The summed E-state index contributed by atoms with van der Waals surface area (Å²) in [6.45, 7) is 7.21. The fourth-order valence-electron chi connectivity index (χ4n) is 3.81. The van der Waals surface area contributed by atoms with Gasteiger partial charge in [-0.2, -0.15) is 0 Å². The zero-order valence-electron chi connectivity index (χ0n) is 18.5. The van der Waals surface area contributed by atoms with E-state index in [4.69, 9.17) is 9.47 Å². The minimum absolute atomic E-state index is 0.171. The molecule has 0 saturated heterocycles. The van der Waals surface area contributed by atoms with Crippen LogP contribution in [0.5, 0.6) is 11.5 Å². The van der Waals surface area contributed by atoms with Crippen molar-refractivity contribution >= 4 is 0 Å². The van der Waals surface area contributed by atoms with Crippen molar-refractivity contribution in [2.75, 3.05) is 13.7 Å². The largest absolute Gasteiger partial charge is 0.496 e. The average molecular weight is 404 g/mol. The number of ether oxygens (including phenoxy) is 2. The number of nitrogens with one attached hydrogen (secondary N) is 1. The van der Waals surface area contributed by atoms with E-state index in [0.717, 1.165) is 24.5 Å². The summed E-state index contributed by atoms with van der Waals surface area (Å²) in [4.78, 5) is 0. The first-order valence-corrected chi connectivity index (χ1v) is 10.8. The van der Waals surface area contributed by atoms with Gasteiger partial charge in [-0.25, -0.2) is 0 Å². The van der Waals surface area contributed by atoms with Gasteiger partial charge in [0, 0.05) is 17.5 Å². The minimum Gasteiger partial charge on any atom is -0.496 e. The number of hydrogen-bond donors (Lipinski definition) is 1. The molecule has 3 aromatic rings. The summed E-state index contributed by atoms with van der Waals surface area (Å²) in [5, 5.41) is 3.68. The summed E-state index contributed by atoms with van der Waals surface area (Å²) in [7, 11) is 1.74. The van der Waals surface area contributed by atoms with Crippen molar-refractivity contribution in [3.8, 4) is 11.5 Å². The SMILES string of the molecule is COc1ccccc1[C@@H](CCN[C@@H](C)c1ccccc1)c1ccc(OC(C)C)cc1. The molecule has 2 atom stereocenters. The number of methoxy groups -OCH3 is 1. The maximum atomic E-state index is 5.82. The molecule has 0 heterocycles. The highest BCUT2D eigenvalue weighted by Gasteiger charge is 2.19. The third-order valence-corrected chi connectivity index (χ3v) is 5.35.